The molecule has 2 aliphatic rings. The molecule has 0 aromatic heterocycles. The topological polar surface area (TPSA) is 76.1 Å². The summed E-state index contributed by atoms with van der Waals surface area (Å²) in [6.07, 6.45) is 3.32. The Labute approximate surface area is 223 Å². The van der Waals surface area contributed by atoms with E-state index in [0.29, 0.717) is 30.9 Å². The number of carbonyl (C=O) groups excluding carboxylic acids is 2. The number of ether oxygens (including phenoxy) is 2. The Morgan fingerprint density at radius 1 is 1.05 bits per heavy atom. The number of amides is 1. The van der Waals surface area contributed by atoms with Gasteiger partial charge in [0.15, 0.2) is 0 Å². The van der Waals surface area contributed by atoms with Gasteiger partial charge in [-0.15, -0.1) is 0 Å². The van der Waals surface area contributed by atoms with Gasteiger partial charge >= 0.3 is 0 Å². The number of unbranched alkanes of at least 4 members (excludes halogenated alkanes) is 1. The van der Waals surface area contributed by atoms with E-state index in [1.807, 2.05) is 73.7 Å². The highest BCUT2D eigenvalue weighted by atomic mass is 16.5. The molecule has 196 valence electrons. The Kier molecular flexibility index (Phi) is 7.50. The molecule has 2 aliphatic heterocycles. The Morgan fingerprint density at radius 3 is 2.66 bits per heavy atom. The van der Waals surface area contributed by atoms with Crippen LogP contribution in [-0.4, -0.2) is 41.0 Å². The van der Waals surface area contributed by atoms with Crippen molar-refractivity contribution in [3.63, 3.8) is 0 Å². The van der Waals surface area contributed by atoms with Crippen molar-refractivity contribution in [2.45, 2.75) is 51.7 Å². The van der Waals surface area contributed by atoms with Gasteiger partial charge in [0.1, 0.15) is 23.4 Å². The Hall–Kier alpha value is -4.06. The maximum absolute atomic E-state index is 13.4. The molecule has 3 aromatic rings. The third kappa shape index (κ3) is 5.17. The molecule has 2 heterocycles. The van der Waals surface area contributed by atoms with E-state index in [1.54, 1.807) is 11.0 Å². The number of nitrogens with zero attached hydrogens (tertiary/aromatic N) is 1. The third-order valence-electron chi connectivity index (χ3n) is 7.13. The third-order valence-corrected chi connectivity index (χ3v) is 7.13. The van der Waals surface area contributed by atoms with Crippen molar-refractivity contribution in [2.24, 2.45) is 0 Å². The van der Waals surface area contributed by atoms with Crippen LogP contribution >= 0.6 is 0 Å². The lowest BCUT2D eigenvalue weighted by Gasteiger charge is -2.26. The minimum Gasteiger partial charge on any atom is -0.507 e. The molecule has 6 heteroatoms. The number of likely N-dealkylation sites (tertiary alicyclic amines) is 1. The first-order valence-corrected chi connectivity index (χ1v) is 13.3. The predicted octanol–water partition coefficient (Wildman–Crippen LogP) is 5.85. The highest BCUT2D eigenvalue weighted by Gasteiger charge is 2.46. The summed E-state index contributed by atoms with van der Waals surface area (Å²) in [4.78, 5) is 28.4. The second kappa shape index (κ2) is 11.1. The normalized spacial score (nSPS) is 19.9. The number of fused-ring (bicyclic) bond motifs is 1. The zero-order chi connectivity index (χ0) is 26.6. The monoisotopic (exact) mass is 511 g/mol. The summed E-state index contributed by atoms with van der Waals surface area (Å²) in [7, 11) is 0. The molecule has 1 fully saturated rings. The molecule has 1 N–H and O–H groups in total. The van der Waals surface area contributed by atoms with Gasteiger partial charge in [-0.1, -0.05) is 55.8 Å². The fourth-order valence-electron chi connectivity index (χ4n) is 5.19. The number of Topliss-reactive ketones (excluding diaryl/α,β-unsaturated/α-hetero) is 1. The number of benzene rings is 3. The van der Waals surface area contributed by atoms with Crippen LogP contribution < -0.4 is 9.47 Å². The number of aliphatic hydroxyl groups excluding tert-OH is 1. The van der Waals surface area contributed by atoms with Crippen molar-refractivity contribution < 1.29 is 24.2 Å². The Morgan fingerprint density at radius 2 is 1.87 bits per heavy atom. The van der Waals surface area contributed by atoms with E-state index in [4.69, 9.17) is 9.47 Å². The van der Waals surface area contributed by atoms with E-state index in [0.717, 1.165) is 41.7 Å². The van der Waals surface area contributed by atoms with Gasteiger partial charge in [0, 0.05) is 18.5 Å². The molecule has 0 unspecified atom stereocenters. The summed E-state index contributed by atoms with van der Waals surface area (Å²) in [5.41, 5.74) is 3.37. The van der Waals surface area contributed by atoms with Gasteiger partial charge in [-0.3, -0.25) is 9.59 Å². The molecule has 5 rings (SSSR count). The molecular formula is C32H33NO5. The summed E-state index contributed by atoms with van der Waals surface area (Å²) >= 11 is 0. The van der Waals surface area contributed by atoms with Crippen molar-refractivity contribution in [3.05, 3.63) is 101 Å². The van der Waals surface area contributed by atoms with Crippen LogP contribution in [0, 0.1) is 0 Å². The van der Waals surface area contributed by atoms with Crippen molar-refractivity contribution in [1.82, 2.24) is 4.90 Å². The molecule has 1 saturated heterocycles. The summed E-state index contributed by atoms with van der Waals surface area (Å²) in [5, 5.41) is 11.5. The number of aliphatic hydroxyl groups is 1. The van der Waals surface area contributed by atoms with E-state index in [-0.39, 0.29) is 17.4 Å². The van der Waals surface area contributed by atoms with Crippen LogP contribution in [0.5, 0.6) is 11.5 Å². The quantitative estimate of drug-likeness (QED) is 0.169. The number of ketones is 1. The minimum absolute atomic E-state index is 0.0569. The largest absolute Gasteiger partial charge is 0.507 e. The molecule has 0 bridgehead atoms. The minimum atomic E-state index is -0.725. The molecule has 38 heavy (non-hydrogen) atoms. The van der Waals surface area contributed by atoms with E-state index < -0.39 is 17.7 Å². The van der Waals surface area contributed by atoms with Gasteiger partial charge in [-0.25, -0.2) is 0 Å². The maximum atomic E-state index is 13.4. The fraction of sp³-hybridized carbons (Fsp3) is 0.312. The van der Waals surface area contributed by atoms with Crippen molar-refractivity contribution in [1.29, 1.82) is 0 Å². The number of carbonyl (C=O) groups is 2. The van der Waals surface area contributed by atoms with Gasteiger partial charge in [0.25, 0.3) is 11.7 Å². The average Bonchev–Trinajstić information content (AvgIpc) is 3.43. The van der Waals surface area contributed by atoms with E-state index >= 15 is 0 Å². The smallest absolute Gasteiger partial charge is 0.295 e. The second-order valence-corrected chi connectivity index (χ2v) is 9.96. The first kappa shape index (κ1) is 25.6. The van der Waals surface area contributed by atoms with Crippen LogP contribution in [0.4, 0.5) is 0 Å². The second-order valence-electron chi connectivity index (χ2n) is 9.96. The van der Waals surface area contributed by atoms with Crippen LogP contribution in [0.15, 0.2) is 78.4 Å². The van der Waals surface area contributed by atoms with Gasteiger partial charge in [-0.05, 0) is 66.8 Å². The highest BCUT2D eigenvalue weighted by molar-refractivity contribution is 6.46. The van der Waals surface area contributed by atoms with Crippen LogP contribution in [-0.2, 0) is 22.4 Å². The van der Waals surface area contributed by atoms with Crippen molar-refractivity contribution >= 4 is 17.4 Å². The van der Waals surface area contributed by atoms with Gasteiger partial charge in [-0.2, -0.15) is 0 Å². The fourth-order valence-corrected chi connectivity index (χ4v) is 5.19. The molecule has 0 radical (unpaired) electrons. The van der Waals surface area contributed by atoms with Gasteiger partial charge in [0.2, 0.25) is 0 Å². The summed E-state index contributed by atoms with van der Waals surface area (Å²) < 4.78 is 11.7. The average molecular weight is 512 g/mol. The molecule has 0 saturated carbocycles. The Balaban J connectivity index is 1.55. The summed E-state index contributed by atoms with van der Waals surface area (Å²) in [5.74, 6) is 0.000193. The SMILES string of the molecule is CCCCOc1cccc([C@@H]2C(=C(O)c3ccc4c(c3)C[C@@H](C)O4)C(=O)C(=O)N2CCc2ccccc2)c1. The molecule has 6 nitrogen and oxygen atoms in total. The van der Waals surface area contributed by atoms with E-state index in [1.165, 1.54) is 0 Å². The number of hydrogen-bond acceptors (Lipinski definition) is 5. The molecule has 0 spiro atoms. The number of rotatable bonds is 9. The van der Waals surface area contributed by atoms with Crippen LogP contribution in [0.3, 0.4) is 0 Å². The zero-order valence-electron chi connectivity index (χ0n) is 21.9. The molecule has 2 atom stereocenters. The zero-order valence-corrected chi connectivity index (χ0v) is 21.9. The van der Waals surface area contributed by atoms with Crippen LogP contribution in [0.25, 0.3) is 5.76 Å². The summed E-state index contributed by atoms with van der Waals surface area (Å²) in [6.45, 7) is 5.02. The van der Waals surface area contributed by atoms with Crippen LogP contribution in [0.2, 0.25) is 0 Å². The lowest BCUT2D eigenvalue weighted by molar-refractivity contribution is -0.139. The lowest BCUT2D eigenvalue weighted by atomic mass is 9.94. The van der Waals surface area contributed by atoms with E-state index in [2.05, 4.69) is 6.92 Å². The van der Waals surface area contributed by atoms with E-state index in [9.17, 15) is 14.7 Å². The van der Waals surface area contributed by atoms with Crippen molar-refractivity contribution in [3.8, 4) is 11.5 Å². The lowest BCUT2D eigenvalue weighted by Crippen LogP contribution is -2.31. The number of hydrogen-bond donors (Lipinski definition) is 1. The highest BCUT2D eigenvalue weighted by Crippen LogP contribution is 2.41. The predicted molar refractivity (Wildman–Crippen MR) is 146 cm³/mol. The van der Waals surface area contributed by atoms with Crippen LogP contribution in [0.1, 0.15) is 55.0 Å². The van der Waals surface area contributed by atoms with Gasteiger partial charge < -0.3 is 19.5 Å². The summed E-state index contributed by atoms with van der Waals surface area (Å²) in [6, 6.07) is 22.0. The first-order chi connectivity index (χ1) is 18.5. The Bertz CT molecular complexity index is 1360. The molecule has 3 aromatic carbocycles. The van der Waals surface area contributed by atoms with Gasteiger partial charge in [0.05, 0.1) is 18.2 Å². The standard InChI is InChI=1S/C32H33NO5/c1-3-4-17-37-26-12-8-11-23(20-26)29-28(30(34)24-13-14-27-25(19-24)18-21(2)38-27)31(35)32(36)33(29)16-15-22-9-6-5-7-10-22/h5-14,19-21,29,34H,3-4,15-18H2,1-2H3/t21-,29-/m1/s1. The maximum Gasteiger partial charge on any atom is 0.295 e. The molecule has 0 aliphatic carbocycles. The first-order valence-electron chi connectivity index (χ1n) is 13.3. The van der Waals surface area contributed by atoms with Crippen molar-refractivity contribution in [2.75, 3.05) is 13.2 Å². The molecular weight excluding hydrogens is 478 g/mol. The molecule has 1 amide bonds.